The van der Waals surface area contributed by atoms with E-state index in [-0.39, 0.29) is 5.97 Å². The quantitative estimate of drug-likeness (QED) is 0.851. The molecule has 1 N–H and O–H groups in total. The molecule has 2 aromatic carbocycles. The Bertz CT molecular complexity index is 613. The second-order valence-corrected chi connectivity index (χ2v) is 4.72. The molecule has 0 saturated heterocycles. The van der Waals surface area contributed by atoms with E-state index < -0.39 is 0 Å². The number of rotatable bonds is 5. The van der Waals surface area contributed by atoms with Crippen molar-refractivity contribution in [2.24, 2.45) is 0 Å². The van der Waals surface area contributed by atoms with Crippen LogP contribution in [0.2, 0.25) is 0 Å². The molecule has 0 aliphatic carbocycles. The molecule has 0 radical (unpaired) electrons. The minimum Gasteiger partial charge on any atom is -0.461 e. The van der Waals surface area contributed by atoms with Crippen LogP contribution in [0.4, 0.5) is 0 Å². The highest BCUT2D eigenvalue weighted by Gasteiger charge is 2.00. The van der Waals surface area contributed by atoms with Crippen LogP contribution in [0.15, 0.2) is 54.7 Å². The molecule has 0 bridgehead atoms. The lowest BCUT2D eigenvalue weighted by Gasteiger charge is -2.05. The van der Waals surface area contributed by atoms with E-state index in [1.54, 1.807) is 0 Å². The summed E-state index contributed by atoms with van der Waals surface area (Å²) in [5, 5.41) is 2.97. The van der Waals surface area contributed by atoms with E-state index in [0.29, 0.717) is 6.61 Å². The van der Waals surface area contributed by atoms with Crippen LogP contribution in [0, 0.1) is 0 Å². The van der Waals surface area contributed by atoms with Crippen LogP contribution >= 0.6 is 0 Å². The first-order valence-electron chi connectivity index (χ1n) is 6.85. The highest BCUT2D eigenvalue weighted by atomic mass is 16.5. The fourth-order valence-corrected chi connectivity index (χ4v) is 1.94. The molecular formula is C18H19NO2. The summed E-state index contributed by atoms with van der Waals surface area (Å²) in [5.74, 6) is -0.260. The van der Waals surface area contributed by atoms with Gasteiger partial charge in [0, 0.05) is 14.0 Å². The number of hydrogen-bond donors (Lipinski definition) is 1. The van der Waals surface area contributed by atoms with Crippen molar-refractivity contribution in [2.45, 2.75) is 13.5 Å². The lowest BCUT2D eigenvalue weighted by Crippen LogP contribution is -1.98. The van der Waals surface area contributed by atoms with Gasteiger partial charge in [-0.1, -0.05) is 48.5 Å². The average molecular weight is 281 g/mol. The fraction of sp³-hybridized carbons (Fsp3) is 0.167. The van der Waals surface area contributed by atoms with Crippen LogP contribution in [-0.4, -0.2) is 13.0 Å². The molecule has 3 nitrogen and oxygen atoms in total. The molecule has 0 aliphatic rings. The van der Waals surface area contributed by atoms with Crippen LogP contribution in [0.5, 0.6) is 0 Å². The molecule has 3 heteroatoms. The smallest absolute Gasteiger partial charge is 0.302 e. The molecular weight excluding hydrogens is 262 g/mol. The summed E-state index contributed by atoms with van der Waals surface area (Å²) in [7, 11) is 1.88. The SMILES string of the molecule is CN/C=C/c1ccc(-c2ccc(COC(C)=O)cc2)cc1. The zero-order valence-electron chi connectivity index (χ0n) is 12.3. The van der Waals surface area contributed by atoms with Crippen molar-refractivity contribution in [1.82, 2.24) is 5.32 Å². The molecule has 2 aromatic rings. The maximum Gasteiger partial charge on any atom is 0.302 e. The predicted octanol–water partition coefficient (Wildman–Crippen LogP) is 3.61. The van der Waals surface area contributed by atoms with Gasteiger partial charge in [-0.2, -0.15) is 0 Å². The van der Waals surface area contributed by atoms with Crippen molar-refractivity contribution in [2.75, 3.05) is 7.05 Å². The maximum absolute atomic E-state index is 10.8. The second kappa shape index (κ2) is 7.29. The Morgan fingerprint density at radius 2 is 1.62 bits per heavy atom. The zero-order valence-corrected chi connectivity index (χ0v) is 12.3. The van der Waals surface area contributed by atoms with Crippen LogP contribution < -0.4 is 5.32 Å². The Morgan fingerprint density at radius 3 is 2.14 bits per heavy atom. The topological polar surface area (TPSA) is 38.3 Å². The van der Waals surface area contributed by atoms with Gasteiger partial charge in [0.2, 0.25) is 0 Å². The number of carbonyl (C=O) groups excluding carboxylic acids is 1. The highest BCUT2D eigenvalue weighted by Crippen LogP contribution is 2.21. The van der Waals surface area contributed by atoms with Crippen LogP contribution in [0.3, 0.4) is 0 Å². The number of nitrogens with one attached hydrogen (secondary N) is 1. The second-order valence-electron chi connectivity index (χ2n) is 4.72. The molecule has 108 valence electrons. The first-order valence-corrected chi connectivity index (χ1v) is 6.85. The van der Waals surface area contributed by atoms with E-state index in [9.17, 15) is 4.79 Å². The summed E-state index contributed by atoms with van der Waals surface area (Å²) in [6, 6.07) is 16.4. The van der Waals surface area contributed by atoms with Gasteiger partial charge in [0.05, 0.1) is 0 Å². The average Bonchev–Trinajstić information content (AvgIpc) is 2.52. The third-order valence-corrected chi connectivity index (χ3v) is 3.08. The van der Waals surface area contributed by atoms with E-state index in [1.165, 1.54) is 6.92 Å². The van der Waals surface area contributed by atoms with E-state index in [0.717, 1.165) is 22.3 Å². The Kier molecular flexibility index (Phi) is 5.16. The molecule has 2 rings (SSSR count). The lowest BCUT2D eigenvalue weighted by atomic mass is 10.0. The minimum absolute atomic E-state index is 0.260. The monoisotopic (exact) mass is 281 g/mol. The summed E-state index contributed by atoms with van der Waals surface area (Å²) in [6.07, 6.45) is 3.92. The number of esters is 1. The summed E-state index contributed by atoms with van der Waals surface area (Å²) in [5.41, 5.74) is 4.45. The summed E-state index contributed by atoms with van der Waals surface area (Å²) < 4.78 is 4.97. The number of carbonyl (C=O) groups is 1. The molecule has 21 heavy (non-hydrogen) atoms. The van der Waals surface area contributed by atoms with Crippen LogP contribution in [-0.2, 0) is 16.1 Å². The van der Waals surface area contributed by atoms with Gasteiger partial charge < -0.3 is 10.1 Å². The fourth-order valence-electron chi connectivity index (χ4n) is 1.94. The Hall–Kier alpha value is -2.55. The van der Waals surface area contributed by atoms with Crippen molar-refractivity contribution >= 4 is 12.0 Å². The van der Waals surface area contributed by atoms with Gasteiger partial charge in [-0.3, -0.25) is 4.79 Å². The van der Waals surface area contributed by atoms with Crippen molar-refractivity contribution in [3.8, 4) is 11.1 Å². The summed E-state index contributed by atoms with van der Waals surface area (Å²) in [6.45, 7) is 1.74. The van der Waals surface area contributed by atoms with Crippen molar-refractivity contribution in [1.29, 1.82) is 0 Å². The minimum atomic E-state index is -0.260. The summed E-state index contributed by atoms with van der Waals surface area (Å²) in [4.78, 5) is 10.8. The number of benzene rings is 2. The van der Waals surface area contributed by atoms with Gasteiger partial charge in [-0.25, -0.2) is 0 Å². The van der Waals surface area contributed by atoms with Crippen molar-refractivity contribution < 1.29 is 9.53 Å². The molecule has 0 amide bonds. The van der Waals surface area contributed by atoms with Gasteiger partial charge in [0.15, 0.2) is 0 Å². The zero-order chi connectivity index (χ0) is 15.1. The van der Waals surface area contributed by atoms with Crippen LogP contribution in [0.25, 0.3) is 17.2 Å². The van der Waals surface area contributed by atoms with Gasteiger partial charge in [0.1, 0.15) is 6.61 Å². The molecule has 0 fully saturated rings. The maximum atomic E-state index is 10.8. The van der Waals surface area contributed by atoms with E-state index in [4.69, 9.17) is 4.74 Å². The molecule has 0 saturated carbocycles. The third kappa shape index (κ3) is 4.49. The number of hydrogen-bond acceptors (Lipinski definition) is 3. The van der Waals surface area contributed by atoms with E-state index >= 15 is 0 Å². The lowest BCUT2D eigenvalue weighted by molar-refractivity contribution is -0.142. The van der Waals surface area contributed by atoms with Crippen LogP contribution in [0.1, 0.15) is 18.1 Å². The summed E-state index contributed by atoms with van der Waals surface area (Å²) >= 11 is 0. The largest absolute Gasteiger partial charge is 0.461 e. The normalized spacial score (nSPS) is 10.6. The third-order valence-electron chi connectivity index (χ3n) is 3.08. The van der Waals surface area contributed by atoms with Gasteiger partial charge >= 0.3 is 5.97 Å². The van der Waals surface area contributed by atoms with E-state index in [2.05, 4.69) is 29.6 Å². The van der Waals surface area contributed by atoms with E-state index in [1.807, 2.05) is 43.6 Å². The van der Waals surface area contributed by atoms with Crippen molar-refractivity contribution in [3.63, 3.8) is 0 Å². The molecule has 0 unspecified atom stereocenters. The standard InChI is InChI=1S/C18H19NO2/c1-14(20)21-13-16-5-9-18(10-6-16)17-7-3-15(4-8-17)11-12-19-2/h3-12,19H,13H2,1-2H3/b12-11+. The number of ether oxygens (including phenoxy) is 1. The first kappa shape index (κ1) is 14.9. The Balaban J connectivity index is 2.07. The van der Waals surface area contributed by atoms with Crippen molar-refractivity contribution in [3.05, 3.63) is 65.9 Å². The Morgan fingerprint density at radius 1 is 1.05 bits per heavy atom. The molecule has 0 aromatic heterocycles. The van der Waals surface area contributed by atoms with Gasteiger partial charge in [0.25, 0.3) is 0 Å². The molecule has 0 spiro atoms. The first-order chi connectivity index (χ1) is 10.2. The molecule has 0 aliphatic heterocycles. The predicted molar refractivity (Wildman–Crippen MR) is 85.4 cm³/mol. The highest BCUT2D eigenvalue weighted by molar-refractivity contribution is 5.67. The van der Waals surface area contributed by atoms with Gasteiger partial charge in [-0.05, 0) is 34.5 Å². The molecule has 0 atom stereocenters. The molecule has 0 heterocycles. The Labute approximate surface area is 125 Å². The van der Waals surface area contributed by atoms with Gasteiger partial charge in [-0.15, -0.1) is 0 Å².